The predicted molar refractivity (Wildman–Crippen MR) is 82.9 cm³/mol. The number of pyridine rings is 2. The average Bonchev–Trinajstić information content (AvgIpc) is 2.85. The van der Waals surface area contributed by atoms with Crippen LogP contribution in [0, 0.1) is 0 Å². The highest BCUT2D eigenvalue weighted by Crippen LogP contribution is 2.32. The third-order valence-electron chi connectivity index (χ3n) is 3.84. The van der Waals surface area contributed by atoms with Gasteiger partial charge in [-0.05, 0) is 24.1 Å². The van der Waals surface area contributed by atoms with Gasteiger partial charge in [-0.3, -0.25) is 4.98 Å². The van der Waals surface area contributed by atoms with Crippen LogP contribution in [0.2, 0.25) is 0 Å². The Morgan fingerprint density at radius 3 is 2.90 bits per heavy atom. The van der Waals surface area contributed by atoms with Crippen LogP contribution >= 0.6 is 0 Å². The summed E-state index contributed by atoms with van der Waals surface area (Å²) < 4.78 is 0. The van der Waals surface area contributed by atoms with Crippen LogP contribution in [0.15, 0.2) is 42.7 Å². The van der Waals surface area contributed by atoms with Crippen molar-refractivity contribution in [2.45, 2.75) is 19.8 Å². The Labute approximate surface area is 116 Å². The van der Waals surface area contributed by atoms with Crippen LogP contribution in [0.1, 0.15) is 18.9 Å². The molecule has 4 aromatic rings. The molecule has 0 aliphatic heterocycles. The van der Waals surface area contributed by atoms with Crippen LogP contribution < -0.4 is 0 Å². The highest BCUT2D eigenvalue weighted by atomic mass is 14.9. The Bertz CT molecular complexity index is 921. The van der Waals surface area contributed by atoms with Crippen LogP contribution in [-0.2, 0) is 6.42 Å². The highest BCUT2D eigenvalue weighted by Gasteiger charge is 2.13. The number of hydrogen-bond acceptors (Lipinski definition) is 2. The van der Waals surface area contributed by atoms with Crippen molar-refractivity contribution in [3.63, 3.8) is 0 Å². The number of para-hydroxylation sites is 1. The van der Waals surface area contributed by atoms with E-state index in [1.54, 1.807) is 6.20 Å². The van der Waals surface area contributed by atoms with Crippen LogP contribution in [-0.4, -0.2) is 15.0 Å². The van der Waals surface area contributed by atoms with E-state index in [0.717, 1.165) is 29.5 Å². The number of nitrogens with zero attached hydrogens (tertiary/aromatic N) is 2. The first-order valence-corrected chi connectivity index (χ1v) is 7.01. The van der Waals surface area contributed by atoms with Crippen LogP contribution in [0.25, 0.3) is 32.8 Å². The van der Waals surface area contributed by atoms with Gasteiger partial charge in [-0.1, -0.05) is 31.5 Å². The molecule has 0 unspecified atom stereocenters. The fourth-order valence-corrected chi connectivity index (χ4v) is 3.00. The van der Waals surface area contributed by atoms with E-state index < -0.39 is 0 Å². The number of aryl methyl sites for hydroxylation is 1. The summed E-state index contributed by atoms with van der Waals surface area (Å²) in [7, 11) is 0. The molecule has 3 heteroatoms. The van der Waals surface area contributed by atoms with Crippen molar-refractivity contribution in [2.75, 3.05) is 0 Å². The van der Waals surface area contributed by atoms with E-state index >= 15 is 0 Å². The monoisotopic (exact) mass is 261 g/mol. The zero-order chi connectivity index (χ0) is 13.5. The summed E-state index contributed by atoms with van der Waals surface area (Å²) in [6.45, 7) is 2.21. The lowest BCUT2D eigenvalue weighted by atomic mass is 10.0. The molecular weight excluding hydrogens is 246 g/mol. The molecule has 0 fully saturated rings. The van der Waals surface area contributed by atoms with Crippen LogP contribution in [0.3, 0.4) is 0 Å². The summed E-state index contributed by atoms with van der Waals surface area (Å²) in [5, 5.41) is 3.68. The number of nitrogens with one attached hydrogen (secondary N) is 1. The topological polar surface area (TPSA) is 41.6 Å². The molecule has 20 heavy (non-hydrogen) atoms. The smallest absolute Gasteiger partial charge is 0.139 e. The molecule has 0 amide bonds. The van der Waals surface area contributed by atoms with Crippen molar-refractivity contribution < 1.29 is 0 Å². The Balaban J connectivity index is 2.26. The van der Waals surface area contributed by atoms with E-state index in [4.69, 9.17) is 4.98 Å². The van der Waals surface area contributed by atoms with Gasteiger partial charge in [0.25, 0.3) is 0 Å². The lowest BCUT2D eigenvalue weighted by Gasteiger charge is -2.07. The lowest BCUT2D eigenvalue weighted by Crippen LogP contribution is -1.92. The summed E-state index contributed by atoms with van der Waals surface area (Å²) in [5.74, 6) is 0. The molecule has 1 aromatic carbocycles. The van der Waals surface area contributed by atoms with E-state index in [2.05, 4.69) is 41.2 Å². The molecule has 3 nitrogen and oxygen atoms in total. The quantitative estimate of drug-likeness (QED) is 0.587. The van der Waals surface area contributed by atoms with E-state index in [1.165, 1.54) is 21.7 Å². The Morgan fingerprint density at radius 1 is 1.10 bits per heavy atom. The molecule has 1 N–H and O–H groups in total. The molecule has 0 bridgehead atoms. The summed E-state index contributed by atoms with van der Waals surface area (Å²) in [4.78, 5) is 12.5. The minimum atomic E-state index is 0.980. The third-order valence-corrected chi connectivity index (χ3v) is 3.84. The minimum absolute atomic E-state index is 0.980. The molecule has 0 saturated carbocycles. The number of aromatic nitrogens is 3. The Kier molecular flexibility index (Phi) is 2.46. The molecule has 0 atom stereocenters. The number of H-pyrrole nitrogens is 1. The van der Waals surface area contributed by atoms with Gasteiger partial charge in [-0.2, -0.15) is 0 Å². The number of aromatic amines is 1. The normalized spacial score (nSPS) is 11.7. The van der Waals surface area contributed by atoms with Crippen molar-refractivity contribution in [1.29, 1.82) is 0 Å². The van der Waals surface area contributed by atoms with Crippen molar-refractivity contribution in [2.24, 2.45) is 0 Å². The molecule has 0 aliphatic rings. The standard InChI is InChI=1S/C17H15N3/c1-2-5-11-13-10-18-9-8-15(13)20-17-16(11)12-6-3-4-7-14(12)19-17/h3-4,6-10H,2,5H2,1H3,(H,19,20). The molecule has 0 saturated heterocycles. The maximum atomic E-state index is 4.76. The first-order chi connectivity index (χ1) is 9.88. The summed E-state index contributed by atoms with van der Waals surface area (Å²) >= 11 is 0. The number of rotatable bonds is 2. The SMILES string of the molecule is CCCc1c2cnccc2nc2[nH]c3ccccc3c12. The van der Waals surface area contributed by atoms with Gasteiger partial charge in [0.1, 0.15) is 5.65 Å². The molecule has 98 valence electrons. The maximum absolute atomic E-state index is 4.76. The predicted octanol–water partition coefficient (Wildman–Crippen LogP) is 4.22. The fourth-order valence-electron chi connectivity index (χ4n) is 3.00. The largest absolute Gasteiger partial charge is 0.339 e. The zero-order valence-electron chi connectivity index (χ0n) is 11.4. The molecule has 3 aromatic heterocycles. The van der Waals surface area contributed by atoms with E-state index in [1.807, 2.05) is 12.3 Å². The van der Waals surface area contributed by atoms with E-state index in [0.29, 0.717) is 0 Å². The summed E-state index contributed by atoms with van der Waals surface area (Å²) in [5.41, 5.74) is 4.50. The Hall–Kier alpha value is -2.42. The second-order valence-corrected chi connectivity index (χ2v) is 5.13. The van der Waals surface area contributed by atoms with Gasteiger partial charge in [0.2, 0.25) is 0 Å². The van der Waals surface area contributed by atoms with Crippen molar-refractivity contribution in [3.05, 3.63) is 48.3 Å². The first kappa shape index (κ1) is 11.4. The third kappa shape index (κ3) is 1.53. The zero-order valence-corrected chi connectivity index (χ0v) is 11.4. The number of fused-ring (bicyclic) bond motifs is 4. The molecule has 0 spiro atoms. The summed E-state index contributed by atoms with van der Waals surface area (Å²) in [6.07, 6.45) is 5.90. The molecule has 0 aliphatic carbocycles. The first-order valence-electron chi connectivity index (χ1n) is 7.01. The van der Waals surface area contributed by atoms with Gasteiger partial charge in [0, 0.05) is 34.1 Å². The average molecular weight is 261 g/mol. The van der Waals surface area contributed by atoms with Gasteiger partial charge in [-0.15, -0.1) is 0 Å². The molecular formula is C17H15N3. The van der Waals surface area contributed by atoms with Crippen molar-refractivity contribution in [1.82, 2.24) is 15.0 Å². The van der Waals surface area contributed by atoms with Gasteiger partial charge < -0.3 is 4.98 Å². The van der Waals surface area contributed by atoms with Crippen molar-refractivity contribution in [3.8, 4) is 0 Å². The molecule has 0 radical (unpaired) electrons. The number of hydrogen-bond donors (Lipinski definition) is 1. The molecule has 4 rings (SSSR count). The van der Waals surface area contributed by atoms with Gasteiger partial charge in [-0.25, -0.2) is 4.98 Å². The molecule has 3 heterocycles. The second-order valence-electron chi connectivity index (χ2n) is 5.13. The lowest BCUT2D eigenvalue weighted by molar-refractivity contribution is 0.935. The maximum Gasteiger partial charge on any atom is 0.139 e. The van der Waals surface area contributed by atoms with Crippen LogP contribution in [0.5, 0.6) is 0 Å². The summed E-state index contributed by atoms with van der Waals surface area (Å²) in [6, 6.07) is 10.4. The Morgan fingerprint density at radius 2 is 2.00 bits per heavy atom. The number of benzene rings is 1. The van der Waals surface area contributed by atoms with Crippen molar-refractivity contribution >= 4 is 32.8 Å². The second kappa shape index (κ2) is 4.30. The van der Waals surface area contributed by atoms with E-state index in [-0.39, 0.29) is 0 Å². The van der Waals surface area contributed by atoms with Gasteiger partial charge in [0.05, 0.1) is 5.52 Å². The highest BCUT2D eigenvalue weighted by molar-refractivity contribution is 6.11. The minimum Gasteiger partial charge on any atom is -0.339 e. The fraction of sp³-hybridized carbons (Fsp3) is 0.176. The van der Waals surface area contributed by atoms with Gasteiger partial charge >= 0.3 is 0 Å². The van der Waals surface area contributed by atoms with Gasteiger partial charge in [0.15, 0.2) is 0 Å². The van der Waals surface area contributed by atoms with E-state index in [9.17, 15) is 0 Å². The van der Waals surface area contributed by atoms with Crippen LogP contribution in [0.4, 0.5) is 0 Å².